The second kappa shape index (κ2) is 6.22. The largest absolute Gasteiger partial charge is 0.416 e. The van der Waals surface area contributed by atoms with Crippen molar-refractivity contribution in [2.24, 2.45) is 0 Å². The molecule has 142 valence electrons. The van der Waals surface area contributed by atoms with Crippen LogP contribution in [0.4, 0.5) is 18.0 Å². The Morgan fingerprint density at radius 2 is 1.96 bits per heavy atom. The molecule has 4 rings (SSSR count). The molecule has 0 aliphatic carbocycles. The molecule has 2 aromatic rings. The first-order chi connectivity index (χ1) is 12.8. The maximum Gasteiger partial charge on any atom is 0.416 e. The van der Waals surface area contributed by atoms with Gasteiger partial charge in [0, 0.05) is 5.75 Å². The van der Waals surface area contributed by atoms with Gasteiger partial charge in [0.2, 0.25) is 0 Å². The number of carbonyl (C=O) groups excluding carboxylic acids is 2. The molecule has 27 heavy (non-hydrogen) atoms. The molecule has 1 aromatic heterocycles. The van der Waals surface area contributed by atoms with Gasteiger partial charge in [-0.25, -0.2) is 4.79 Å². The van der Waals surface area contributed by atoms with Gasteiger partial charge in [-0.2, -0.15) is 29.6 Å². The standard InChI is InChI=1S/C15H13F3N6O2S/c16-15(17,18)9-1-3-10(4-2-9)24-11(20-21-22-24)7-23-12(25)14(19-13(23)26)5-6-27-8-14/h1-4H,5-8H2,(H,19,26). The van der Waals surface area contributed by atoms with Crippen LogP contribution in [0, 0.1) is 0 Å². The number of aromatic nitrogens is 4. The van der Waals surface area contributed by atoms with E-state index in [1.807, 2.05) is 0 Å². The highest BCUT2D eigenvalue weighted by molar-refractivity contribution is 7.99. The van der Waals surface area contributed by atoms with Crippen molar-refractivity contribution in [3.8, 4) is 5.69 Å². The van der Waals surface area contributed by atoms with E-state index in [9.17, 15) is 22.8 Å². The highest BCUT2D eigenvalue weighted by atomic mass is 32.2. The zero-order valence-electron chi connectivity index (χ0n) is 13.7. The van der Waals surface area contributed by atoms with Crippen LogP contribution < -0.4 is 5.32 Å². The number of benzene rings is 1. The number of thioether (sulfide) groups is 1. The van der Waals surface area contributed by atoms with E-state index >= 15 is 0 Å². The van der Waals surface area contributed by atoms with Crippen LogP contribution in [0.3, 0.4) is 0 Å². The fourth-order valence-electron chi connectivity index (χ4n) is 3.09. The van der Waals surface area contributed by atoms with Gasteiger partial charge in [0.05, 0.1) is 17.8 Å². The normalized spacial score (nSPS) is 22.7. The fourth-order valence-corrected chi connectivity index (χ4v) is 4.42. The Kier molecular flexibility index (Phi) is 4.09. The van der Waals surface area contributed by atoms with Crippen LogP contribution in [0.5, 0.6) is 0 Å². The molecule has 1 aromatic carbocycles. The third-order valence-electron chi connectivity index (χ3n) is 4.54. The minimum Gasteiger partial charge on any atom is -0.322 e. The summed E-state index contributed by atoms with van der Waals surface area (Å²) in [5.41, 5.74) is -1.38. The lowest BCUT2D eigenvalue weighted by atomic mass is 9.99. The Balaban J connectivity index is 1.58. The molecule has 0 radical (unpaired) electrons. The van der Waals surface area contributed by atoms with Crippen LogP contribution in [0.25, 0.3) is 5.69 Å². The zero-order chi connectivity index (χ0) is 19.2. The number of hydrogen-bond donors (Lipinski definition) is 1. The summed E-state index contributed by atoms with van der Waals surface area (Å²) < 4.78 is 39.3. The molecule has 1 unspecified atom stereocenters. The SMILES string of the molecule is O=C1NC2(CCSC2)C(=O)N1Cc1nnnn1-c1ccc(C(F)(F)F)cc1. The summed E-state index contributed by atoms with van der Waals surface area (Å²) in [7, 11) is 0. The molecule has 1 atom stereocenters. The smallest absolute Gasteiger partial charge is 0.322 e. The summed E-state index contributed by atoms with van der Waals surface area (Å²) in [4.78, 5) is 26.0. The lowest BCUT2D eigenvalue weighted by Crippen LogP contribution is -2.47. The molecule has 2 aliphatic heterocycles. The predicted molar refractivity (Wildman–Crippen MR) is 87.9 cm³/mol. The molecule has 3 amide bonds. The number of urea groups is 1. The number of nitrogens with zero attached hydrogens (tertiary/aromatic N) is 5. The van der Waals surface area contributed by atoms with Crippen LogP contribution in [-0.2, 0) is 17.5 Å². The fraction of sp³-hybridized carbons (Fsp3) is 0.400. The van der Waals surface area contributed by atoms with E-state index in [0.717, 1.165) is 22.8 Å². The molecule has 2 saturated heterocycles. The number of amides is 3. The van der Waals surface area contributed by atoms with Gasteiger partial charge in [-0.15, -0.1) is 5.10 Å². The average molecular weight is 398 g/mol. The zero-order valence-corrected chi connectivity index (χ0v) is 14.5. The van der Waals surface area contributed by atoms with Crippen molar-refractivity contribution in [1.29, 1.82) is 0 Å². The Bertz CT molecular complexity index is 892. The molecule has 0 bridgehead atoms. The number of carbonyl (C=O) groups is 2. The monoisotopic (exact) mass is 398 g/mol. The van der Waals surface area contributed by atoms with E-state index in [2.05, 4.69) is 20.8 Å². The molecule has 12 heteroatoms. The van der Waals surface area contributed by atoms with E-state index in [1.165, 1.54) is 16.8 Å². The first-order valence-corrected chi connectivity index (χ1v) is 9.12. The van der Waals surface area contributed by atoms with Gasteiger partial charge < -0.3 is 5.32 Å². The molecule has 8 nitrogen and oxygen atoms in total. The van der Waals surface area contributed by atoms with Gasteiger partial charge in [0.25, 0.3) is 5.91 Å². The summed E-state index contributed by atoms with van der Waals surface area (Å²) in [6.07, 6.45) is -3.89. The number of rotatable bonds is 3. The van der Waals surface area contributed by atoms with Gasteiger partial charge in [-0.1, -0.05) is 0 Å². The number of tetrazole rings is 1. The molecule has 0 saturated carbocycles. The Morgan fingerprint density at radius 3 is 2.59 bits per heavy atom. The highest BCUT2D eigenvalue weighted by Crippen LogP contribution is 2.34. The van der Waals surface area contributed by atoms with Crippen molar-refractivity contribution >= 4 is 23.7 Å². The molecular weight excluding hydrogens is 385 g/mol. The molecule has 1 spiro atoms. The number of hydrogen-bond acceptors (Lipinski definition) is 6. The van der Waals surface area contributed by atoms with Gasteiger partial charge in [-0.05, 0) is 46.9 Å². The summed E-state index contributed by atoms with van der Waals surface area (Å²) in [5.74, 6) is 1.13. The van der Waals surface area contributed by atoms with Crippen molar-refractivity contribution in [3.63, 3.8) is 0 Å². The lowest BCUT2D eigenvalue weighted by molar-refractivity contribution is -0.137. The first-order valence-electron chi connectivity index (χ1n) is 7.97. The predicted octanol–water partition coefficient (Wildman–Crippen LogP) is 1.61. The summed E-state index contributed by atoms with van der Waals surface area (Å²) in [5, 5.41) is 13.8. The van der Waals surface area contributed by atoms with Gasteiger partial charge >= 0.3 is 12.2 Å². The number of alkyl halides is 3. The summed E-state index contributed by atoms with van der Waals surface area (Å²) in [6, 6.07) is 3.76. The Hall–Kier alpha value is -2.63. The van der Waals surface area contributed by atoms with Crippen LogP contribution in [0.1, 0.15) is 17.8 Å². The second-order valence-electron chi connectivity index (χ2n) is 6.26. The van der Waals surface area contributed by atoms with Crippen molar-refractivity contribution in [3.05, 3.63) is 35.7 Å². The van der Waals surface area contributed by atoms with Crippen LogP contribution in [0.2, 0.25) is 0 Å². The highest BCUT2D eigenvalue weighted by Gasteiger charge is 2.53. The third kappa shape index (κ3) is 3.03. The molecule has 2 aliphatic rings. The minimum atomic E-state index is -4.45. The Labute approximate surface area is 155 Å². The van der Waals surface area contributed by atoms with Gasteiger partial charge in [0.1, 0.15) is 5.54 Å². The van der Waals surface area contributed by atoms with Crippen LogP contribution in [0.15, 0.2) is 24.3 Å². The molecule has 3 heterocycles. The third-order valence-corrected chi connectivity index (χ3v) is 5.73. The number of imide groups is 1. The molecular formula is C15H13F3N6O2S. The maximum atomic E-state index is 12.7. The van der Waals surface area contributed by atoms with Crippen molar-refractivity contribution in [1.82, 2.24) is 30.4 Å². The minimum absolute atomic E-state index is 0.168. The summed E-state index contributed by atoms with van der Waals surface area (Å²) >= 11 is 1.59. The first kappa shape index (κ1) is 17.8. The van der Waals surface area contributed by atoms with E-state index in [-0.39, 0.29) is 18.3 Å². The van der Waals surface area contributed by atoms with E-state index in [4.69, 9.17) is 0 Å². The van der Waals surface area contributed by atoms with E-state index in [0.29, 0.717) is 17.9 Å². The van der Waals surface area contributed by atoms with Crippen molar-refractivity contribution in [2.75, 3.05) is 11.5 Å². The van der Waals surface area contributed by atoms with E-state index in [1.54, 1.807) is 11.8 Å². The number of halogens is 3. The van der Waals surface area contributed by atoms with Gasteiger partial charge in [-0.3, -0.25) is 9.69 Å². The quantitative estimate of drug-likeness (QED) is 0.790. The lowest BCUT2D eigenvalue weighted by Gasteiger charge is -2.19. The van der Waals surface area contributed by atoms with Crippen molar-refractivity contribution < 1.29 is 22.8 Å². The molecule has 1 N–H and O–H groups in total. The molecule has 2 fully saturated rings. The summed E-state index contributed by atoms with van der Waals surface area (Å²) in [6.45, 7) is -0.175. The second-order valence-corrected chi connectivity index (χ2v) is 7.36. The van der Waals surface area contributed by atoms with E-state index < -0.39 is 23.3 Å². The number of nitrogens with one attached hydrogen (secondary N) is 1. The van der Waals surface area contributed by atoms with Crippen molar-refractivity contribution in [2.45, 2.75) is 24.7 Å². The maximum absolute atomic E-state index is 12.7. The Morgan fingerprint density at radius 1 is 1.22 bits per heavy atom. The average Bonchev–Trinajstić information content (AvgIpc) is 3.32. The topological polar surface area (TPSA) is 93.0 Å². The van der Waals surface area contributed by atoms with Crippen LogP contribution in [-0.4, -0.2) is 54.1 Å². The van der Waals surface area contributed by atoms with Gasteiger partial charge in [0.15, 0.2) is 5.82 Å². The van der Waals surface area contributed by atoms with Crippen LogP contribution >= 0.6 is 11.8 Å².